The lowest BCUT2D eigenvalue weighted by Gasteiger charge is -2.69. The molecule has 0 aromatic heterocycles. The molecule has 3 unspecified atom stereocenters. The molecule has 0 N–H and O–H groups in total. The van der Waals surface area contributed by atoms with Crippen LogP contribution in [0.25, 0.3) is 141 Å². The Balaban J connectivity index is 1.07. The number of carbonyl (C=O) groups is 1. The first-order chi connectivity index (χ1) is 32.1. The van der Waals surface area contributed by atoms with Crippen LogP contribution >= 0.6 is 0 Å². The summed E-state index contributed by atoms with van der Waals surface area (Å²) in [7, 11) is 1.55. The van der Waals surface area contributed by atoms with Crippen molar-refractivity contribution >= 4 is 124 Å². The van der Waals surface area contributed by atoms with Gasteiger partial charge in [-0.3, -0.25) is 4.79 Å². The standard InChI is InChI=1S/C63H32O2/c1-65-36(64)9-5-8-30(22-6-3-2-4-7-22)35-21-62-60-54-42-24-14-23-10-11-32-33-13-12-31-34-20-29-19-27-18-28-17-26-16-25(15-24)38-37(26)46-41(28)47-39(27)40(29)49-44(34)55(45(31)59(33)63(35,62)58(32)43(23)54)61(62)57-53(49)51(47)50(46)52(48(38)42)56(57)60/h2-4,6-7,10-13,15,17-18,20,30,35H,5,8-9,14,16,19,21H2,1H3/t30?,35-,62?,63?/m0/s1. The van der Waals surface area contributed by atoms with Crippen LogP contribution in [0.15, 0.2) is 78.9 Å². The highest BCUT2D eigenvalue weighted by Gasteiger charge is 2.78. The van der Waals surface area contributed by atoms with Crippen LogP contribution in [-0.2, 0) is 39.6 Å². The molecule has 1 fully saturated rings. The van der Waals surface area contributed by atoms with Gasteiger partial charge in [-0.15, -0.1) is 0 Å². The smallest absolute Gasteiger partial charge is 0.305 e. The molecule has 4 atom stereocenters. The van der Waals surface area contributed by atoms with Crippen LogP contribution in [0.3, 0.4) is 0 Å². The summed E-state index contributed by atoms with van der Waals surface area (Å²) < 4.78 is 5.27. The van der Waals surface area contributed by atoms with Gasteiger partial charge in [-0.1, -0.05) is 72.8 Å². The van der Waals surface area contributed by atoms with Gasteiger partial charge >= 0.3 is 5.97 Å². The Morgan fingerprint density at radius 2 is 1.15 bits per heavy atom. The van der Waals surface area contributed by atoms with Crippen molar-refractivity contribution in [1.82, 2.24) is 0 Å². The fraction of sp³-hybridized carbons (Fsp3) is 0.190. The molecule has 296 valence electrons. The van der Waals surface area contributed by atoms with E-state index in [9.17, 15) is 4.79 Å². The molecule has 2 heteroatoms. The molecular weight excluding hydrogens is 789 g/mol. The largest absolute Gasteiger partial charge is 0.469 e. The number of fused-ring (bicyclic) bond motifs is 2. The topological polar surface area (TPSA) is 26.3 Å². The van der Waals surface area contributed by atoms with E-state index in [0.29, 0.717) is 18.3 Å². The molecule has 1 saturated carbocycles. The molecule has 14 aromatic carbocycles. The summed E-state index contributed by atoms with van der Waals surface area (Å²) in [6, 6.07) is 32.5. The third-order valence-corrected chi connectivity index (χ3v) is 20.9. The van der Waals surface area contributed by atoms with Crippen molar-refractivity contribution < 1.29 is 9.53 Å². The first kappa shape index (κ1) is 30.2. The van der Waals surface area contributed by atoms with Gasteiger partial charge in [-0.05, 0) is 258 Å². The molecule has 0 heterocycles. The van der Waals surface area contributed by atoms with E-state index in [-0.39, 0.29) is 16.8 Å². The number of methoxy groups -OCH3 is 1. The molecular formula is C63H32O2. The van der Waals surface area contributed by atoms with Gasteiger partial charge in [0.15, 0.2) is 0 Å². The van der Waals surface area contributed by atoms with Gasteiger partial charge < -0.3 is 4.74 Å². The molecule has 8 aliphatic carbocycles. The summed E-state index contributed by atoms with van der Waals surface area (Å²) in [5, 5.41) is 34.9. The Labute approximate surface area is 369 Å². The zero-order valence-electron chi connectivity index (χ0n) is 35.4. The van der Waals surface area contributed by atoms with Crippen LogP contribution in [-0.4, -0.2) is 13.1 Å². The van der Waals surface area contributed by atoms with E-state index in [4.69, 9.17) is 4.74 Å². The van der Waals surface area contributed by atoms with Gasteiger partial charge in [-0.25, -0.2) is 0 Å². The van der Waals surface area contributed by atoms with Crippen molar-refractivity contribution in [2.75, 3.05) is 7.11 Å². The van der Waals surface area contributed by atoms with Crippen LogP contribution in [0.1, 0.15) is 92.8 Å². The number of carbonyl (C=O) groups excluding carboxylic acids is 1. The highest BCUT2D eigenvalue weighted by Crippen LogP contribution is 2.87. The zero-order valence-corrected chi connectivity index (χ0v) is 35.4. The van der Waals surface area contributed by atoms with E-state index in [2.05, 4.69) is 78.9 Å². The molecule has 8 aliphatic rings. The third-order valence-electron chi connectivity index (χ3n) is 20.9. The summed E-state index contributed by atoms with van der Waals surface area (Å²) in [6.07, 6.45) is 6.46. The Hall–Kier alpha value is -7.03. The van der Waals surface area contributed by atoms with Crippen molar-refractivity contribution in [2.45, 2.75) is 61.7 Å². The van der Waals surface area contributed by atoms with Crippen molar-refractivity contribution in [3.8, 4) is 22.3 Å². The van der Waals surface area contributed by atoms with Crippen LogP contribution in [0, 0.1) is 5.92 Å². The predicted molar refractivity (Wildman–Crippen MR) is 264 cm³/mol. The molecule has 22 rings (SSSR count). The highest BCUT2D eigenvalue weighted by atomic mass is 16.5. The summed E-state index contributed by atoms with van der Waals surface area (Å²) in [5.74, 6) is 0.569. The molecule has 2 nitrogen and oxygen atoms in total. The monoisotopic (exact) mass is 820 g/mol. The second kappa shape index (κ2) is 8.38. The summed E-state index contributed by atoms with van der Waals surface area (Å²) in [6.45, 7) is 0. The van der Waals surface area contributed by atoms with Crippen molar-refractivity contribution in [2.24, 2.45) is 5.92 Å². The molecule has 0 radical (unpaired) electrons. The van der Waals surface area contributed by atoms with Crippen molar-refractivity contribution in [3.05, 3.63) is 140 Å². The quantitative estimate of drug-likeness (QED) is 0.0949. The average Bonchev–Trinajstić information content (AvgIpc) is 4.16. The van der Waals surface area contributed by atoms with E-state index < -0.39 is 0 Å². The zero-order chi connectivity index (χ0) is 40.9. The van der Waals surface area contributed by atoms with E-state index in [1.54, 1.807) is 171 Å². The van der Waals surface area contributed by atoms with Crippen molar-refractivity contribution in [1.29, 1.82) is 0 Å². The Morgan fingerprint density at radius 3 is 1.94 bits per heavy atom. The van der Waals surface area contributed by atoms with Gasteiger partial charge in [0.25, 0.3) is 0 Å². The lowest BCUT2D eigenvalue weighted by molar-refractivity contribution is -0.140. The molecule has 0 bridgehead atoms. The second-order valence-electron chi connectivity index (χ2n) is 22.4. The summed E-state index contributed by atoms with van der Waals surface area (Å²) in [5.41, 5.74) is 23.4. The second-order valence-corrected chi connectivity index (χ2v) is 22.4. The molecule has 0 amide bonds. The number of hydrogen-bond acceptors (Lipinski definition) is 2. The van der Waals surface area contributed by atoms with E-state index in [1.165, 1.54) is 38.4 Å². The van der Waals surface area contributed by atoms with Crippen molar-refractivity contribution in [3.63, 3.8) is 0 Å². The van der Waals surface area contributed by atoms with E-state index in [0.717, 1.165) is 38.5 Å². The number of ether oxygens (including phenoxy) is 1. The summed E-state index contributed by atoms with van der Waals surface area (Å²) >= 11 is 0. The Kier molecular flexibility index (Phi) is 3.89. The maximum Gasteiger partial charge on any atom is 0.305 e. The lowest BCUT2D eigenvalue weighted by atomic mass is 9.31. The first-order valence-corrected chi connectivity index (χ1v) is 24.4. The minimum atomic E-state index is -0.216. The van der Waals surface area contributed by atoms with Crippen LogP contribution in [0.2, 0.25) is 0 Å². The minimum Gasteiger partial charge on any atom is -0.469 e. The van der Waals surface area contributed by atoms with Crippen LogP contribution < -0.4 is 0 Å². The van der Waals surface area contributed by atoms with Gasteiger partial charge in [0.2, 0.25) is 0 Å². The molecule has 2 spiro atoms. The minimum absolute atomic E-state index is 0.0947. The van der Waals surface area contributed by atoms with Crippen LogP contribution in [0.5, 0.6) is 0 Å². The molecule has 14 aromatic rings. The van der Waals surface area contributed by atoms with Crippen LogP contribution in [0.4, 0.5) is 0 Å². The first-order valence-electron chi connectivity index (χ1n) is 24.4. The molecule has 65 heavy (non-hydrogen) atoms. The maximum absolute atomic E-state index is 12.8. The average molecular weight is 821 g/mol. The predicted octanol–water partition coefficient (Wildman–Crippen LogP) is 14.7. The Bertz CT molecular complexity index is 4910. The summed E-state index contributed by atoms with van der Waals surface area (Å²) in [4.78, 5) is 12.8. The van der Waals surface area contributed by atoms with Gasteiger partial charge in [0.1, 0.15) is 0 Å². The maximum atomic E-state index is 12.8. The Morgan fingerprint density at radius 1 is 0.538 bits per heavy atom. The van der Waals surface area contributed by atoms with E-state index in [1.807, 2.05) is 0 Å². The third kappa shape index (κ3) is 2.34. The fourth-order valence-electron chi connectivity index (χ4n) is 19.8. The number of esters is 1. The number of benzene rings is 12. The highest BCUT2D eigenvalue weighted by molar-refractivity contribution is 6.62. The normalized spacial score (nSPS) is 22.8. The fourth-order valence-corrected chi connectivity index (χ4v) is 19.8. The van der Waals surface area contributed by atoms with Gasteiger partial charge in [-0.2, -0.15) is 0 Å². The molecule has 0 saturated heterocycles. The number of hydrogen-bond donors (Lipinski definition) is 0. The SMILES string of the molecule is COC(=O)CCCC(c1ccccc1)[C@@H]1CC23c4c5c6c7cc8c9c%10c(cc%11cc%12c%13c%14c(cc%15c%16ccc%17c(c%16c%16c2c2c4c(c69)c4c%10c%11c%13c4c2c%14c%15%16)C13c1c-%17ccc(c1-5)C7)C%12)C8. The molecule has 0 aliphatic heterocycles. The van der Waals surface area contributed by atoms with Gasteiger partial charge in [0.05, 0.1) is 7.11 Å². The van der Waals surface area contributed by atoms with E-state index >= 15 is 0 Å². The lowest BCUT2D eigenvalue weighted by Crippen LogP contribution is -2.67. The van der Waals surface area contributed by atoms with Gasteiger partial charge in [0, 0.05) is 17.3 Å². The number of rotatable bonds is 6.